The zero-order valence-electron chi connectivity index (χ0n) is 11.4. The Morgan fingerprint density at radius 1 is 1.33 bits per heavy atom. The smallest absolute Gasteiger partial charge is 0.330 e. The zero-order valence-corrected chi connectivity index (χ0v) is 13.4. The molecule has 106 valence electrons. The van der Waals surface area contributed by atoms with Gasteiger partial charge < -0.3 is 23.4 Å². The molecule has 0 radical (unpaired) electrons. The topological polar surface area (TPSA) is 63.2 Å². The quantitative estimate of drug-likeness (QED) is 0.181. The number of hydrogen-bond acceptors (Lipinski definition) is 6. The van der Waals surface area contributed by atoms with Gasteiger partial charge in [0.15, 0.2) is 0 Å². The van der Waals surface area contributed by atoms with Crippen molar-refractivity contribution in [3.63, 3.8) is 0 Å². The van der Waals surface area contributed by atoms with Crippen molar-refractivity contribution in [1.29, 1.82) is 0 Å². The number of hydrogen-bond donors (Lipinski definition) is 0. The van der Waals surface area contributed by atoms with Crippen LogP contribution in [0.4, 0.5) is 0 Å². The fourth-order valence-electron chi connectivity index (χ4n) is 1.58. The van der Waals surface area contributed by atoms with E-state index in [9.17, 15) is 4.79 Å². The highest BCUT2D eigenvalue weighted by molar-refractivity contribution is 5.98. The van der Waals surface area contributed by atoms with E-state index in [2.05, 4.69) is 6.58 Å². The van der Waals surface area contributed by atoms with Gasteiger partial charge in [-0.05, 0) is 12.8 Å². The highest BCUT2D eigenvalue weighted by atomic mass is 28.2. The van der Waals surface area contributed by atoms with Crippen LogP contribution in [-0.2, 0) is 28.2 Å². The maximum atomic E-state index is 10.9. The summed E-state index contributed by atoms with van der Waals surface area (Å²) in [4.78, 5) is 10.9. The Morgan fingerprint density at radius 2 is 1.89 bits per heavy atom. The fraction of sp³-hybridized carbons (Fsp3) is 0.727. The van der Waals surface area contributed by atoms with Gasteiger partial charge in [-0.15, -0.1) is 0 Å². The lowest BCUT2D eigenvalue weighted by atomic mass is 10.1. The van der Waals surface area contributed by atoms with Crippen LogP contribution in [0.2, 0.25) is 0 Å². The standard InChI is InChI=1S/C11H22O6Si/c1-5-10(12)16-8-6-7-9(17-18)11(13-2,14-3)15-4/h5,9H,1,6-8H2,2-4,18H3. The summed E-state index contributed by atoms with van der Waals surface area (Å²) in [5.41, 5.74) is 0. The number of carbonyl (C=O) groups is 1. The molecule has 0 aromatic heterocycles. The van der Waals surface area contributed by atoms with E-state index >= 15 is 0 Å². The molecule has 0 fully saturated rings. The minimum absolute atomic E-state index is 0.291. The Kier molecular flexibility index (Phi) is 8.85. The van der Waals surface area contributed by atoms with Gasteiger partial charge in [0.25, 0.3) is 0 Å². The van der Waals surface area contributed by atoms with Gasteiger partial charge in [0.2, 0.25) is 0 Å². The SMILES string of the molecule is C=CC(=O)OCCCC(O[SiH3])C(OC)(OC)OC. The molecule has 0 aliphatic carbocycles. The highest BCUT2D eigenvalue weighted by Gasteiger charge is 2.39. The molecule has 0 saturated heterocycles. The van der Waals surface area contributed by atoms with Crippen LogP contribution >= 0.6 is 0 Å². The van der Waals surface area contributed by atoms with Crippen LogP contribution in [0.25, 0.3) is 0 Å². The molecule has 0 aliphatic rings. The molecular formula is C11H22O6Si. The second-order valence-corrected chi connectivity index (χ2v) is 3.93. The number of carbonyl (C=O) groups excluding carboxylic acids is 1. The van der Waals surface area contributed by atoms with Gasteiger partial charge in [-0.25, -0.2) is 4.79 Å². The van der Waals surface area contributed by atoms with Crippen LogP contribution in [0.1, 0.15) is 12.8 Å². The first-order valence-corrected chi connectivity index (χ1v) is 6.39. The van der Waals surface area contributed by atoms with Gasteiger partial charge in [0, 0.05) is 27.4 Å². The first kappa shape index (κ1) is 17.3. The normalized spacial score (nSPS) is 13.3. The van der Waals surface area contributed by atoms with Gasteiger partial charge in [0.05, 0.1) is 6.61 Å². The van der Waals surface area contributed by atoms with E-state index < -0.39 is 11.9 Å². The summed E-state index contributed by atoms with van der Waals surface area (Å²) in [6, 6.07) is 0. The van der Waals surface area contributed by atoms with E-state index in [1.54, 1.807) is 0 Å². The second-order valence-electron chi connectivity index (χ2n) is 3.45. The van der Waals surface area contributed by atoms with E-state index in [1.807, 2.05) is 0 Å². The van der Waals surface area contributed by atoms with Crippen molar-refractivity contribution >= 4 is 16.5 Å². The third kappa shape index (κ3) is 4.87. The van der Waals surface area contributed by atoms with E-state index in [4.69, 9.17) is 23.4 Å². The Balaban J connectivity index is 4.24. The van der Waals surface area contributed by atoms with Crippen LogP contribution in [0.3, 0.4) is 0 Å². The van der Waals surface area contributed by atoms with Crippen molar-refractivity contribution in [3.05, 3.63) is 12.7 Å². The lowest BCUT2D eigenvalue weighted by molar-refractivity contribution is -0.384. The van der Waals surface area contributed by atoms with E-state index in [1.165, 1.54) is 21.3 Å². The average molecular weight is 278 g/mol. The predicted octanol–water partition coefficient (Wildman–Crippen LogP) is -0.246. The molecule has 6 nitrogen and oxygen atoms in total. The average Bonchev–Trinajstić information content (AvgIpc) is 2.42. The van der Waals surface area contributed by atoms with Crippen molar-refractivity contribution in [2.75, 3.05) is 27.9 Å². The molecule has 0 spiro atoms. The molecule has 0 aromatic carbocycles. The molecular weight excluding hydrogens is 256 g/mol. The Hall–Kier alpha value is -0.733. The van der Waals surface area contributed by atoms with Crippen LogP contribution in [0.5, 0.6) is 0 Å². The Morgan fingerprint density at radius 3 is 2.28 bits per heavy atom. The van der Waals surface area contributed by atoms with Crippen molar-refractivity contribution in [2.45, 2.75) is 24.9 Å². The molecule has 1 unspecified atom stereocenters. The predicted molar refractivity (Wildman–Crippen MR) is 69.0 cm³/mol. The molecule has 0 aliphatic heterocycles. The molecule has 0 heterocycles. The Bertz CT molecular complexity index is 246. The van der Waals surface area contributed by atoms with Crippen molar-refractivity contribution in [3.8, 4) is 0 Å². The third-order valence-electron chi connectivity index (χ3n) is 2.55. The lowest BCUT2D eigenvalue weighted by Gasteiger charge is -2.35. The molecule has 1 atom stereocenters. The minimum atomic E-state index is -1.22. The molecule has 0 saturated carbocycles. The van der Waals surface area contributed by atoms with E-state index in [-0.39, 0.29) is 6.10 Å². The molecule has 0 aromatic rings. The lowest BCUT2D eigenvalue weighted by Crippen LogP contribution is -2.49. The second kappa shape index (κ2) is 9.23. The summed E-state index contributed by atoms with van der Waals surface area (Å²) in [6.45, 7) is 3.61. The highest BCUT2D eigenvalue weighted by Crippen LogP contribution is 2.23. The van der Waals surface area contributed by atoms with Gasteiger partial charge in [-0.2, -0.15) is 0 Å². The molecule has 0 N–H and O–H groups in total. The fourth-order valence-corrected chi connectivity index (χ4v) is 2.11. The summed E-state index contributed by atoms with van der Waals surface area (Å²) in [5.74, 6) is -1.65. The number of ether oxygens (including phenoxy) is 4. The first-order chi connectivity index (χ1) is 8.60. The summed E-state index contributed by atoms with van der Waals surface area (Å²) < 4.78 is 26.0. The summed E-state index contributed by atoms with van der Waals surface area (Å²) in [6.07, 6.45) is 1.96. The van der Waals surface area contributed by atoms with E-state index in [0.717, 1.165) is 6.08 Å². The van der Waals surface area contributed by atoms with Crippen LogP contribution < -0.4 is 0 Å². The summed E-state index contributed by atoms with van der Waals surface area (Å²) in [7, 11) is 4.97. The molecule has 0 amide bonds. The minimum Gasteiger partial charge on any atom is -0.463 e. The summed E-state index contributed by atoms with van der Waals surface area (Å²) in [5, 5.41) is 0. The maximum Gasteiger partial charge on any atom is 0.330 e. The van der Waals surface area contributed by atoms with Crippen LogP contribution in [0, 0.1) is 0 Å². The van der Waals surface area contributed by atoms with Crippen LogP contribution in [0.15, 0.2) is 12.7 Å². The van der Waals surface area contributed by atoms with Gasteiger partial charge >= 0.3 is 11.9 Å². The third-order valence-corrected chi connectivity index (χ3v) is 3.12. The van der Waals surface area contributed by atoms with Gasteiger partial charge in [-0.1, -0.05) is 6.58 Å². The summed E-state index contributed by atoms with van der Waals surface area (Å²) >= 11 is 0. The molecule has 0 rings (SSSR count). The maximum absolute atomic E-state index is 10.9. The molecule has 7 heteroatoms. The molecule has 0 bridgehead atoms. The van der Waals surface area contributed by atoms with Gasteiger partial charge in [-0.3, -0.25) is 0 Å². The number of rotatable bonds is 10. The van der Waals surface area contributed by atoms with Crippen molar-refractivity contribution < 1.29 is 28.2 Å². The number of methoxy groups -OCH3 is 3. The van der Waals surface area contributed by atoms with Gasteiger partial charge in [0.1, 0.15) is 16.6 Å². The monoisotopic (exact) mass is 278 g/mol. The van der Waals surface area contributed by atoms with Crippen molar-refractivity contribution in [1.82, 2.24) is 0 Å². The largest absolute Gasteiger partial charge is 0.463 e. The first-order valence-electron chi connectivity index (χ1n) is 5.57. The van der Waals surface area contributed by atoms with Crippen LogP contribution in [-0.4, -0.2) is 56.5 Å². The zero-order chi connectivity index (χ0) is 14.0. The van der Waals surface area contributed by atoms with Crippen molar-refractivity contribution in [2.24, 2.45) is 0 Å². The molecule has 18 heavy (non-hydrogen) atoms. The number of esters is 1. The van der Waals surface area contributed by atoms with E-state index in [0.29, 0.717) is 29.9 Å². The Labute approximate surface area is 111 Å².